The molecular formula is C19H29FN6S. The number of nitrogens with two attached hydrogens (primary N) is 1. The summed E-state index contributed by atoms with van der Waals surface area (Å²) in [6.45, 7) is 5.53. The van der Waals surface area contributed by atoms with Crippen LogP contribution in [0.4, 0.5) is 4.39 Å². The maximum atomic E-state index is 14.4. The van der Waals surface area contributed by atoms with Crippen molar-refractivity contribution in [2.45, 2.75) is 0 Å². The Hall–Kier alpha value is -2.03. The average Bonchev–Trinajstić information content (AvgIpc) is 3.02. The molecule has 2 atom stereocenters. The third-order valence-corrected chi connectivity index (χ3v) is 5.65. The fourth-order valence-electron chi connectivity index (χ4n) is 3.23. The molecule has 0 radical (unpaired) electrons. The van der Waals surface area contributed by atoms with Gasteiger partial charge in [-0.3, -0.25) is 5.41 Å². The van der Waals surface area contributed by atoms with Crippen molar-refractivity contribution in [3.63, 3.8) is 0 Å². The van der Waals surface area contributed by atoms with Crippen LogP contribution < -0.4 is 11.1 Å². The van der Waals surface area contributed by atoms with E-state index >= 15 is 0 Å². The van der Waals surface area contributed by atoms with Crippen LogP contribution in [0.25, 0.3) is 5.57 Å². The second kappa shape index (κ2) is 11.6. The molecule has 0 bridgehead atoms. The number of halogens is 1. The Morgan fingerprint density at radius 3 is 2.63 bits per heavy atom. The summed E-state index contributed by atoms with van der Waals surface area (Å²) in [6, 6.07) is 4.63. The zero-order valence-electron chi connectivity index (χ0n) is 15.9. The number of hydrogen-bond acceptors (Lipinski definition) is 7. The van der Waals surface area contributed by atoms with Gasteiger partial charge in [0.2, 0.25) is 0 Å². The van der Waals surface area contributed by atoms with E-state index in [4.69, 9.17) is 22.0 Å². The number of nitrogens with zero attached hydrogens (tertiary/aromatic N) is 1. The van der Waals surface area contributed by atoms with Gasteiger partial charge in [-0.05, 0) is 56.9 Å². The summed E-state index contributed by atoms with van der Waals surface area (Å²) in [5.74, 6) is 1.42. The Bertz CT molecular complexity index is 678. The molecule has 1 aliphatic heterocycles. The van der Waals surface area contributed by atoms with Crippen molar-refractivity contribution in [3.05, 3.63) is 41.3 Å². The van der Waals surface area contributed by atoms with Gasteiger partial charge in [-0.15, -0.1) is 11.8 Å². The van der Waals surface area contributed by atoms with Crippen LogP contribution in [-0.2, 0) is 0 Å². The molecular weight excluding hydrogens is 363 g/mol. The highest BCUT2D eigenvalue weighted by Crippen LogP contribution is 2.28. The Kier molecular flexibility index (Phi) is 9.92. The standard InChI is InChI=1S/C18H26FN5S.CH3N/c1-23-8-14-9-24(2)10-15(14)11-25-18(22)16-4-3-12(5-17(16)19)13(6-20)7-21;1-2/h3-7,14-15,20,22-23H,8-11,21H2,1-2H3;2H,1H2/b13-7+,20-6?,22-18?;/t14-,15-;/m0./s1. The van der Waals surface area contributed by atoms with Gasteiger partial charge in [0.1, 0.15) is 5.82 Å². The molecule has 1 fully saturated rings. The van der Waals surface area contributed by atoms with Gasteiger partial charge in [0.25, 0.3) is 0 Å². The van der Waals surface area contributed by atoms with Crippen molar-refractivity contribution in [1.82, 2.24) is 10.2 Å². The summed E-state index contributed by atoms with van der Waals surface area (Å²) in [4.78, 5) is 2.31. The predicted octanol–water partition coefficient (Wildman–Crippen LogP) is 2.50. The average molecular weight is 393 g/mol. The van der Waals surface area contributed by atoms with Gasteiger partial charge in [-0.25, -0.2) is 4.39 Å². The number of likely N-dealkylation sites (tertiary alicyclic amines) is 1. The van der Waals surface area contributed by atoms with Crippen LogP contribution in [0.1, 0.15) is 11.1 Å². The van der Waals surface area contributed by atoms with Crippen LogP contribution in [-0.4, -0.2) is 62.4 Å². The Morgan fingerprint density at radius 1 is 1.41 bits per heavy atom. The SMILES string of the molecule is C=N.CNC[C@H]1CN(C)C[C@H]1CSC(=N)c1ccc(/C(C=N)=C/N)cc1F. The maximum Gasteiger partial charge on any atom is 0.133 e. The monoisotopic (exact) mass is 392 g/mol. The Balaban J connectivity index is 0.00000176. The normalized spacial score (nSPS) is 20.0. The van der Waals surface area contributed by atoms with Crippen molar-refractivity contribution < 1.29 is 4.39 Å². The molecule has 1 saturated heterocycles. The van der Waals surface area contributed by atoms with Crippen molar-refractivity contribution in [1.29, 1.82) is 16.2 Å². The summed E-state index contributed by atoms with van der Waals surface area (Å²) in [5, 5.41) is 24.5. The molecule has 0 spiro atoms. The van der Waals surface area contributed by atoms with E-state index in [0.29, 0.717) is 28.5 Å². The Morgan fingerprint density at radius 2 is 2.07 bits per heavy atom. The molecule has 8 heteroatoms. The minimum absolute atomic E-state index is 0.245. The highest BCUT2D eigenvalue weighted by atomic mass is 32.2. The second-order valence-electron chi connectivity index (χ2n) is 6.40. The van der Waals surface area contributed by atoms with Gasteiger partial charge >= 0.3 is 0 Å². The first-order valence-electron chi connectivity index (χ1n) is 8.62. The Labute approximate surface area is 164 Å². The van der Waals surface area contributed by atoms with E-state index in [9.17, 15) is 4.39 Å². The largest absolute Gasteiger partial charge is 0.404 e. The number of allylic oxidation sites excluding steroid dienone is 1. The summed E-state index contributed by atoms with van der Waals surface area (Å²) < 4.78 is 14.4. The van der Waals surface area contributed by atoms with E-state index in [1.165, 1.54) is 24.0 Å². The van der Waals surface area contributed by atoms with E-state index in [1.54, 1.807) is 12.1 Å². The molecule has 0 aliphatic carbocycles. The van der Waals surface area contributed by atoms with Gasteiger partial charge in [-0.2, -0.15) is 0 Å². The molecule has 1 heterocycles. The number of thioether (sulfide) groups is 1. The third kappa shape index (κ3) is 6.27. The topological polar surface area (TPSA) is 113 Å². The van der Waals surface area contributed by atoms with E-state index in [1.807, 2.05) is 7.05 Å². The smallest absolute Gasteiger partial charge is 0.133 e. The molecule has 1 aliphatic rings. The zero-order chi connectivity index (χ0) is 20.4. The molecule has 2 rings (SSSR count). The van der Waals surface area contributed by atoms with Crippen LogP contribution >= 0.6 is 11.8 Å². The number of hydrogen-bond donors (Lipinski definition) is 5. The number of benzene rings is 1. The molecule has 0 amide bonds. The van der Waals surface area contributed by atoms with Crippen LogP contribution in [0.5, 0.6) is 0 Å². The molecule has 1 aromatic carbocycles. The van der Waals surface area contributed by atoms with E-state index in [0.717, 1.165) is 31.6 Å². The minimum Gasteiger partial charge on any atom is -0.404 e. The van der Waals surface area contributed by atoms with Gasteiger partial charge in [0.05, 0.1) is 5.04 Å². The summed E-state index contributed by atoms with van der Waals surface area (Å²) in [5.41, 5.74) is 6.73. The lowest BCUT2D eigenvalue weighted by atomic mass is 9.98. The predicted molar refractivity (Wildman–Crippen MR) is 115 cm³/mol. The fourth-order valence-corrected chi connectivity index (χ4v) is 4.31. The third-order valence-electron chi connectivity index (χ3n) is 4.55. The lowest BCUT2D eigenvalue weighted by molar-refractivity contribution is 0.392. The van der Waals surface area contributed by atoms with Crippen LogP contribution in [0.3, 0.4) is 0 Å². The fraction of sp³-hybridized carbons (Fsp3) is 0.421. The van der Waals surface area contributed by atoms with Crippen molar-refractivity contribution >= 4 is 35.3 Å². The quantitative estimate of drug-likeness (QED) is 0.362. The van der Waals surface area contributed by atoms with Crippen LogP contribution in [0.2, 0.25) is 0 Å². The van der Waals surface area contributed by atoms with Crippen LogP contribution in [0.15, 0.2) is 24.4 Å². The summed E-state index contributed by atoms with van der Waals surface area (Å²) in [7, 11) is 4.07. The number of rotatable bonds is 7. The first-order valence-corrected chi connectivity index (χ1v) is 9.61. The van der Waals surface area contributed by atoms with E-state index in [2.05, 4.69) is 24.0 Å². The molecule has 27 heavy (non-hydrogen) atoms. The van der Waals surface area contributed by atoms with Gasteiger partial charge in [-0.1, -0.05) is 6.07 Å². The molecule has 1 aromatic rings. The minimum atomic E-state index is -0.452. The van der Waals surface area contributed by atoms with Crippen molar-refractivity contribution in [2.24, 2.45) is 17.6 Å². The summed E-state index contributed by atoms with van der Waals surface area (Å²) in [6.07, 6.45) is 2.37. The maximum absolute atomic E-state index is 14.4. The molecule has 6 N–H and O–H groups in total. The lowest BCUT2D eigenvalue weighted by Crippen LogP contribution is -2.26. The molecule has 0 saturated carbocycles. The summed E-state index contributed by atoms with van der Waals surface area (Å²) >= 11 is 1.40. The lowest BCUT2D eigenvalue weighted by Gasteiger charge is -2.18. The van der Waals surface area contributed by atoms with Gasteiger partial charge in [0.15, 0.2) is 0 Å². The van der Waals surface area contributed by atoms with Crippen molar-refractivity contribution in [2.75, 3.05) is 39.5 Å². The zero-order valence-corrected chi connectivity index (χ0v) is 16.7. The van der Waals surface area contributed by atoms with E-state index in [-0.39, 0.29) is 5.04 Å². The van der Waals surface area contributed by atoms with Gasteiger partial charge in [0, 0.05) is 42.4 Å². The molecule has 6 nitrogen and oxygen atoms in total. The van der Waals surface area contributed by atoms with Crippen molar-refractivity contribution in [3.8, 4) is 0 Å². The van der Waals surface area contributed by atoms with E-state index < -0.39 is 5.82 Å². The highest BCUT2D eigenvalue weighted by Gasteiger charge is 2.30. The van der Waals surface area contributed by atoms with Crippen LogP contribution in [0, 0.1) is 33.9 Å². The van der Waals surface area contributed by atoms with Gasteiger partial charge < -0.3 is 26.8 Å². The highest BCUT2D eigenvalue weighted by molar-refractivity contribution is 8.14. The molecule has 148 valence electrons. The molecule has 0 unspecified atom stereocenters. The first kappa shape index (κ1) is 23.0. The molecule has 0 aromatic heterocycles. The first-order chi connectivity index (χ1) is 13.0. The second-order valence-corrected chi connectivity index (χ2v) is 7.43. The number of nitrogens with one attached hydrogen (secondary N) is 4.